The standard InChI is InChI=1S/C29H26IN3O6/c1-4-38-24-15-19(14-23(30)26(24)39-16-25(34)31-20-8-6-5-7-9-20)13-22-27(35)32-29(37)33(28(22)36)21-11-17(2)10-18(3)12-21/h5-15H,4,16H2,1-3H3,(H,31,34)(H,32,35,37)/b22-13+. The molecule has 0 spiro atoms. The lowest BCUT2D eigenvalue weighted by Crippen LogP contribution is -2.54. The molecule has 1 aliphatic heterocycles. The Labute approximate surface area is 239 Å². The fourth-order valence-corrected chi connectivity index (χ4v) is 4.85. The first-order chi connectivity index (χ1) is 18.7. The van der Waals surface area contributed by atoms with Crippen molar-refractivity contribution in [3.05, 3.63) is 86.5 Å². The summed E-state index contributed by atoms with van der Waals surface area (Å²) in [6.07, 6.45) is 1.40. The van der Waals surface area contributed by atoms with Crippen LogP contribution in [0.2, 0.25) is 0 Å². The van der Waals surface area contributed by atoms with Gasteiger partial charge in [-0.05, 0) is 103 Å². The predicted molar refractivity (Wildman–Crippen MR) is 156 cm³/mol. The lowest BCUT2D eigenvalue weighted by molar-refractivity contribution is -0.122. The number of carbonyl (C=O) groups is 4. The summed E-state index contributed by atoms with van der Waals surface area (Å²) in [5.74, 6) is -1.17. The molecular weight excluding hydrogens is 613 g/mol. The molecule has 3 aromatic carbocycles. The van der Waals surface area contributed by atoms with Crippen LogP contribution in [0.15, 0.2) is 66.2 Å². The zero-order chi connectivity index (χ0) is 28.1. The normalized spacial score (nSPS) is 14.3. The number of barbiturate groups is 1. The largest absolute Gasteiger partial charge is 0.490 e. The topological polar surface area (TPSA) is 114 Å². The quantitative estimate of drug-likeness (QED) is 0.204. The van der Waals surface area contributed by atoms with Gasteiger partial charge in [0.15, 0.2) is 18.1 Å². The zero-order valence-corrected chi connectivity index (χ0v) is 23.7. The van der Waals surface area contributed by atoms with Crippen LogP contribution in [0.1, 0.15) is 23.6 Å². The van der Waals surface area contributed by atoms with Gasteiger partial charge in [-0.3, -0.25) is 19.7 Å². The molecule has 1 saturated heterocycles. The van der Waals surface area contributed by atoms with Crippen LogP contribution in [0.4, 0.5) is 16.2 Å². The van der Waals surface area contributed by atoms with E-state index in [0.29, 0.717) is 38.6 Å². The lowest BCUT2D eigenvalue weighted by atomic mass is 10.0. The van der Waals surface area contributed by atoms with Crippen molar-refractivity contribution in [2.45, 2.75) is 20.8 Å². The first-order valence-corrected chi connectivity index (χ1v) is 13.2. The van der Waals surface area contributed by atoms with Gasteiger partial charge in [-0.25, -0.2) is 9.69 Å². The SMILES string of the molecule is CCOc1cc(/C=C2\C(=O)NC(=O)N(c3cc(C)cc(C)c3)C2=O)cc(I)c1OCC(=O)Nc1ccccc1. The van der Waals surface area contributed by atoms with E-state index in [0.717, 1.165) is 16.0 Å². The van der Waals surface area contributed by atoms with Gasteiger partial charge in [0.25, 0.3) is 17.7 Å². The molecule has 0 radical (unpaired) electrons. The molecule has 4 rings (SSSR count). The molecule has 1 fully saturated rings. The molecule has 0 atom stereocenters. The molecule has 9 nitrogen and oxygen atoms in total. The second-order valence-electron chi connectivity index (χ2n) is 8.77. The van der Waals surface area contributed by atoms with Gasteiger partial charge in [-0.2, -0.15) is 0 Å². The Morgan fingerprint density at radius 1 is 1.00 bits per heavy atom. The summed E-state index contributed by atoms with van der Waals surface area (Å²) >= 11 is 2.03. The number of benzene rings is 3. The molecule has 39 heavy (non-hydrogen) atoms. The molecule has 0 unspecified atom stereocenters. The summed E-state index contributed by atoms with van der Waals surface area (Å²) in [7, 11) is 0. The van der Waals surface area contributed by atoms with E-state index in [2.05, 4.69) is 10.6 Å². The Balaban J connectivity index is 1.60. The average molecular weight is 639 g/mol. The van der Waals surface area contributed by atoms with Gasteiger partial charge in [-0.1, -0.05) is 24.3 Å². The van der Waals surface area contributed by atoms with Crippen molar-refractivity contribution < 1.29 is 28.7 Å². The van der Waals surface area contributed by atoms with Crippen LogP contribution in [0.5, 0.6) is 11.5 Å². The number of nitrogens with zero attached hydrogens (tertiary/aromatic N) is 1. The number of amides is 5. The highest BCUT2D eigenvalue weighted by Gasteiger charge is 2.37. The fourth-order valence-electron chi connectivity index (χ4n) is 4.07. The molecule has 10 heteroatoms. The third-order valence-electron chi connectivity index (χ3n) is 5.61. The second kappa shape index (κ2) is 12.1. The number of nitrogens with one attached hydrogen (secondary N) is 2. The maximum atomic E-state index is 13.3. The van der Waals surface area contributed by atoms with Crippen LogP contribution in [0, 0.1) is 17.4 Å². The van der Waals surface area contributed by atoms with E-state index in [9.17, 15) is 19.2 Å². The van der Waals surface area contributed by atoms with E-state index in [1.807, 2.05) is 60.7 Å². The van der Waals surface area contributed by atoms with E-state index in [4.69, 9.17) is 9.47 Å². The van der Waals surface area contributed by atoms with Crippen LogP contribution < -0.4 is 25.0 Å². The first-order valence-electron chi connectivity index (χ1n) is 12.1. The van der Waals surface area contributed by atoms with E-state index >= 15 is 0 Å². The van der Waals surface area contributed by atoms with Gasteiger partial charge in [0.05, 0.1) is 15.9 Å². The molecule has 3 aromatic rings. The number of hydrogen-bond donors (Lipinski definition) is 2. The van der Waals surface area contributed by atoms with E-state index in [-0.39, 0.29) is 18.1 Å². The zero-order valence-electron chi connectivity index (χ0n) is 21.5. The van der Waals surface area contributed by atoms with Crippen molar-refractivity contribution >= 4 is 63.8 Å². The monoisotopic (exact) mass is 639 g/mol. The summed E-state index contributed by atoms with van der Waals surface area (Å²) in [6.45, 7) is 5.58. The third-order valence-corrected chi connectivity index (χ3v) is 6.42. The number of urea groups is 1. The number of imide groups is 2. The van der Waals surface area contributed by atoms with Crippen LogP contribution in [-0.4, -0.2) is 37.0 Å². The summed E-state index contributed by atoms with van der Waals surface area (Å²) < 4.78 is 12.1. The molecule has 0 bridgehead atoms. The Kier molecular flexibility index (Phi) is 8.65. The van der Waals surface area contributed by atoms with E-state index in [1.165, 1.54) is 6.08 Å². The molecule has 2 N–H and O–H groups in total. The third kappa shape index (κ3) is 6.63. The number of anilines is 2. The molecule has 0 saturated carbocycles. The van der Waals surface area contributed by atoms with Gasteiger partial charge in [-0.15, -0.1) is 0 Å². The number of carbonyl (C=O) groups excluding carboxylic acids is 4. The van der Waals surface area contributed by atoms with Gasteiger partial charge < -0.3 is 14.8 Å². The summed E-state index contributed by atoms with van der Waals surface area (Å²) in [5, 5.41) is 5.00. The molecule has 1 aliphatic rings. The van der Waals surface area contributed by atoms with Crippen molar-refractivity contribution in [1.82, 2.24) is 5.32 Å². The minimum atomic E-state index is -0.811. The highest BCUT2D eigenvalue weighted by molar-refractivity contribution is 14.1. The molecule has 0 aliphatic carbocycles. The predicted octanol–water partition coefficient (Wildman–Crippen LogP) is 4.99. The molecular formula is C29H26IN3O6. The van der Waals surface area contributed by atoms with Gasteiger partial charge >= 0.3 is 6.03 Å². The van der Waals surface area contributed by atoms with Gasteiger partial charge in [0.2, 0.25) is 0 Å². The average Bonchev–Trinajstić information content (AvgIpc) is 2.86. The van der Waals surface area contributed by atoms with Crippen molar-refractivity contribution in [1.29, 1.82) is 0 Å². The summed E-state index contributed by atoms with van der Waals surface area (Å²) in [5.41, 5.74) is 3.04. The van der Waals surface area contributed by atoms with Crippen molar-refractivity contribution in [2.75, 3.05) is 23.4 Å². The van der Waals surface area contributed by atoms with Crippen LogP contribution >= 0.6 is 22.6 Å². The van der Waals surface area contributed by atoms with Crippen molar-refractivity contribution in [3.63, 3.8) is 0 Å². The number of para-hydroxylation sites is 1. The summed E-state index contributed by atoms with van der Waals surface area (Å²) in [4.78, 5) is 51.9. The van der Waals surface area contributed by atoms with Gasteiger partial charge in [0.1, 0.15) is 5.57 Å². The van der Waals surface area contributed by atoms with Crippen molar-refractivity contribution in [3.8, 4) is 11.5 Å². The maximum absolute atomic E-state index is 13.3. The maximum Gasteiger partial charge on any atom is 0.335 e. The fraction of sp³-hybridized carbons (Fsp3) is 0.172. The van der Waals surface area contributed by atoms with Gasteiger partial charge in [0, 0.05) is 5.69 Å². The highest BCUT2D eigenvalue weighted by atomic mass is 127. The number of hydrogen-bond acceptors (Lipinski definition) is 6. The number of rotatable bonds is 8. The van der Waals surface area contributed by atoms with Crippen LogP contribution in [-0.2, 0) is 14.4 Å². The molecule has 0 aromatic heterocycles. The van der Waals surface area contributed by atoms with E-state index < -0.39 is 17.8 Å². The Morgan fingerprint density at radius 3 is 2.36 bits per heavy atom. The second-order valence-corrected chi connectivity index (χ2v) is 9.93. The summed E-state index contributed by atoms with van der Waals surface area (Å²) in [6, 6.07) is 16.8. The highest BCUT2D eigenvalue weighted by Crippen LogP contribution is 2.35. The number of aryl methyl sites for hydroxylation is 2. The van der Waals surface area contributed by atoms with Crippen LogP contribution in [0.3, 0.4) is 0 Å². The minimum absolute atomic E-state index is 0.206. The Bertz CT molecular complexity index is 1470. The van der Waals surface area contributed by atoms with E-state index in [1.54, 1.807) is 43.3 Å². The lowest BCUT2D eigenvalue weighted by Gasteiger charge is -2.27. The Morgan fingerprint density at radius 2 is 1.69 bits per heavy atom. The smallest absolute Gasteiger partial charge is 0.335 e. The number of halogens is 1. The number of ether oxygens (including phenoxy) is 2. The Hall–Kier alpha value is -4.19. The molecule has 200 valence electrons. The van der Waals surface area contributed by atoms with Crippen molar-refractivity contribution in [2.24, 2.45) is 0 Å². The minimum Gasteiger partial charge on any atom is -0.490 e. The van der Waals surface area contributed by atoms with Crippen LogP contribution in [0.25, 0.3) is 6.08 Å². The first kappa shape index (κ1) is 27.8. The molecule has 5 amide bonds. The molecule has 1 heterocycles.